The predicted molar refractivity (Wildman–Crippen MR) is 99.1 cm³/mol. The van der Waals surface area contributed by atoms with Gasteiger partial charge in [0.1, 0.15) is 0 Å². The summed E-state index contributed by atoms with van der Waals surface area (Å²) in [5, 5.41) is 3.17. The lowest BCUT2D eigenvalue weighted by Crippen LogP contribution is -2.44. The first kappa shape index (κ1) is 18.0. The van der Waals surface area contributed by atoms with Crippen molar-refractivity contribution in [2.45, 2.75) is 64.8 Å². The van der Waals surface area contributed by atoms with E-state index in [2.05, 4.69) is 24.4 Å². The molecule has 2 aliphatic rings. The van der Waals surface area contributed by atoms with Crippen LogP contribution in [-0.4, -0.2) is 29.8 Å². The van der Waals surface area contributed by atoms with Crippen molar-refractivity contribution >= 4 is 11.8 Å². The van der Waals surface area contributed by atoms with Gasteiger partial charge >= 0.3 is 0 Å². The van der Waals surface area contributed by atoms with E-state index in [0.717, 1.165) is 18.5 Å². The maximum absolute atomic E-state index is 12.6. The van der Waals surface area contributed by atoms with Crippen LogP contribution in [0.15, 0.2) is 24.3 Å². The number of amides is 2. The average Bonchev–Trinajstić information content (AvgIpc) is 2.57. The van der Waals surface area contributed by atoms with Crippen LogP contribution in [0.5, 0.6) is 0 Å². The normalized spacial score (nSPS) is 21.2. The van der Waals surface area contributed by atoms with E-state index in [9.17, 15) is 9.59 Å². The highest BCUT2D eigenvalue weighted by Gasteiger charge is 2.37. The van der Waals surface area contributed by atoms with Gasteiger partial charge in [-0.25, -0.2) is 0 Å². The second-order valence-electron chi connectivity index (χ2n) is 7.76. The van der Waals surface area contributed by atoms with Crippen LogP contribution in [0.4, 0.5) is 0 Å². The lowest BCUT2D eigenvalue weighted by molar-refractivity contribution is -0.133. The van der Waals surface area contributed by atoms with Crippen molar-refractivity contribution in [3.05, 3.63) is 35.4 Å². The zero-order valence-electron chi connectivity index (χ0n) is 15.5. The number of fused-ring (bicyclic) bond motifs is 1. The highest BCUT2D eigenvalue weighted by atomic mass is 16.2. The third-order valence-corrected chi connectivity index (χ3v) is 6.05. The zero-order valence-corrected chi connectivity index (χ0v) is 15.5. The maximum atomic E-state index is 12.6. The summed E-state index contributed by atoms with van der Waals surface area (Å²) in [6, 6.07) is 8.07. The van der Waals surface area contributed by atoms with Gasteiger partial charge < -0.3 is 10.2 Å². The number of hydrogen-bond donors (Lipinski definition) is 1. The van der Waals surface area contributed by atoms with E-state index in [4.69, 9.17) is 0 Å². The van der Waals surface area contributed by atoms with Gasteiger partial charge in [-0.05, 0) is 42.2 Å². The van der Waals surface area contributed by atoms with E-state index in [1.54, 1.807) is 6.92 Å². The molecular weight excluding hydrogens is 312 g/mol. The quantitative estimate of drug-likeness (QED) is 0.858. The van der Waals surface area contributed by atoms with Crippen molar-refractivity contribution < 1.29 is 9.59 Å². The standard InChI is InChI=1S/C21H30N2O2/c1-3-10-21(11-6-12-21)15-22-20(25)14-19-18-8-5-4-7-17(18)9-13-23(19)16(2)24/h4-5,7-8,19H,3,6,9-15H2,1-2H3,(H,22,25)/t19-/m0/s1. The number of carbonyl (C=O) groups is 2. The fourth-order valence-corrected chi connectivity index (χ4v) is 4.50. The van der Waals surface area contributed by atoms with Crippen molar-refractivity contribution in [2.75, 3.05) is 13.1 Å². The fraction of sp³-hybridized carbons (Fsp3) is 0.619. The van der Waals surface area contributed by atoms with Crippen LogP contribution in [-0.2, 0) is 16.0 Å². The van der Waals surface area contributed by atoms with E-state index in [1.165, 1.54) is 37.7 Å². The molecule has 3 rings (SSSR count). The molecule has 0 radical (unpaired) electrons. The summed E-state index contributed by atoms with van der Waals surface area (Å²) in [7, 11) is 0. The molecule has 4 heteroatoms. The van der Waals surface area contributed by atoms with Gasteiger partial charge in [-0.2, -0.15) is 0 Å². The molecule has 1 heterocycles. The number of benzene rings is 1. The molecule has 1 aliphatic carbocycles. The van der Waals surface area contributed by atoms with E-state index in [-0.39, 0.29) is 17.9 Å². The molecule has 1 saturated carbocycles. The van der Waals surface area contributed by atoms with Gasteiger partial charge in [0, 0.05) is 20.0 Å². The summed E-state index contributed by atoms with van der Waals surface area (Å²) in [5.74, 6) is 0.115. The lowest BCUT2D eigenvalue weighted by atomic mass is 9.66. The number of nitrogens with zero attached hydrogens (tertiary/aromatic N) is 1. The summed E-state index contributed by atoms with van der Waals surface area (Å²) in [6.45, 7) is 5.30. The summed E-state index contributed by atoms with van der Waals surface area (Å²) in [4.78, 5) is 26.5. The number of hydrogen-bond acceptors (Lipinski definition) is 2. The van der Waals surface area contributed by atoms with Crippen LogP contribution in [0.25, 0.3) is 0 Å². The summed E-state index contributed by atoms with van der Waals surface area (Å²) in [6.07, 6.45) is 7.33. The smallest absolute Gasteiger partial charge is 0.222 e. The first-order valence-corrected chi connectivity index (χ1v) is 9.66. The van der Waals surface area contributed by atoms with Gasteiger partial charge in [0.15, 0.2) is 0 Å². The molecule has 0 bridgehead atoms. The molecule has 1 fully saturated rings. The number of carbonyl (C=O) groups excluding carboxylic acids is 2. The minimum absolute atomic E-state index is 0.0498. The average molecular weight is 342 g/mol. The molecule has 0 unspecified atom stereocenters. The molecule has 0 spiro atoms. The van der Waals surface area contributed by atoms with Gasteiger partial charge in [-0.3, -0.25) is 9.59 Å². The van der Waals surface area contributed by atoms with Gasteiger partial charge in [-0.1, -0.05) is 44.0 Å². The van der Waals surface area contributed by atoms with Crippen LogP contribution in [0.3, 0.4) is 0 Å². The highest BCUT2D eigenvalue weighted by molar-refractivity contribution is 5.79. The lowest BCUT2D eigenvalue weighted by Gasteiger charge is -2.42. The molecule has 4 nitrogen and oxygen atoms in total. The Hall–Kier alpha value is -1.84. The first-order chi connectivity index (χ1) is 12.0. The van der Waals surface area contributed by atoms with E-state index < -0.39 is 0 Å². The Morgan fingerprint density at radius 1 is 1.28 bits per heavy atom. The largest absolute Gasteiger partial charge is 0.355 e. The number of nitrogens with one attached hydrogen (secondary N) is 1. The van der Waals surface area contributed by atoms with Crippen molar-refractivity contribution in [2.24, 2.45) is 5.41 Å². The Balaban J connectivity index is 1.67. The zero-order chi connectivity index (χ0) is 17.9. The molecule has 136 valence electrons. The molecule has 1 N–H and O–H groups in total. The molecular formula is C21H30N2O2. The molecule has 1 aromatic carbocycles. The molecule has 25 heavy (non-hydrogen) atoms. The number of rotatable bonds is 6. The topological polar surface area (TPSA) is 49.4 Å². The second-order valence-corrected chi connectivity index (χ2v) is 7.76. The monoisotopic (exact) mass is 342 g/mol. The SMILES string of the molecule is CCCC1(CNC(=O)C[C@H]2c3ccccc3CCN2C(C)=O)CCC1. The van der Waals surface area contributed by atoms with Gasteiger partial charge in [-0.15, -0.1) is 0 Å². The van der Waals surface area contributed by atoms with Gasteiger partial charge in [0.25, 0.3) is 0 Å². The molecule has 1 atom stereocenters. The van der Waals surface area contributed by atoms with Crippen molar-refractivity contribution in [3.8, 4) is 0 Å². The van der Waals surface area contributed by atoms with Crippen LogP contribution in [0.1, 0.15) is 69.5 Å². The minimum atomic E-state index is -0.133. The van der Waals surface area contributed by atoms with Crippen LogP contribution in [0, 0.1) is 5.41 Å². The van der Waals surface area contributed by atoms with Crippen LogP contribution >= 0.6 is 0 Å². The van der Waals surface area contributed by atoms with Crippen molar-refractivity contribution in [1.82, 2.24) is 10.2 Å². The van der Waals surface area contributed by atoms with Crippen LogP contribution < -0.4 is 5.32 Å². The Morgan fingerprint density at radius 3 is 2.68 bits per heavy atom. The molecule has 0 aromatic heterocycles. The third kappa shape index (κ3) is 3.88. The Labute approximate surface area is 151 Å². The van der Waals surface area contributed by atoms with Crippen molar-refractivity contribution in [1.29, 1.82) is 0 Å². The molecule has 1 aromatic rings. The Kier molecular flexibility index (Phi) is 5.45. The van der Waals surface area contributed by atoms with E-state index >= 15 is 0 Å². The Morgan fingerprint density at radius 2 is 2.04 bits per heavy atom. The third-order valence-electron chi connectivity index (χ3n) is 6.05. The van der Waals surface area contributed by atoms with Gasteiger partial charge in [0.2, 0.25) is 11.8 Å². The highest BCUT2D eigenvalue weighted by Crippen LogP contribution is 2.44. The summed E-state index contributed by atoms with van der Waals surface area (Å²) < 4.78 is 0. The predicted octanol–water partition coefficient (Wildman–Crippen LogP) is 3.61. The summed E-state index contributed by atoms with van der Waals surface area (Å²) in [5.41, 5.74) is 2.72. The van der Waals surface area contributed by atoms with E-state index in [1.807, 2.05) is 17.0 Å². The first-order valence-electron chi connectivity index (χ1n) is 9.66. The van der Waals surface area contributed by atoms with Crippen LogP contribution in [0.2, 0.25) is 0 Å². The maximum Gasteiger partial charge on any atom is 0.222 e. The molecule has 2 amide bonds. The summed E-state index contributed by atoms with van der Waals surface area (Å²) >= 11 is 0. The fourth-order valence-electron chi connectivity index (χ4n) is 4.50. The molecule has 0 saturated heterocycles. The van der Waals surface area contributed by atoms with Crippen molar-refractivity contribution in [3.63, 3.8) is 0 Å². The van der Waals surface area contributed by atoms with Gasteiger partial charge in [0.05, 0.1) is 12.5 Å². The minimum Gasteiger partial charge on any atom is -0.355 e. The second kappa shape index (κ2) is 7.59. The molecule has 1 aliphatic heterocycles. The van der Waals surface area contributed by atoms with E-state index in [0.29, 0.717) is 18.4 Å². The Bertz CT molecular complexity index is 637.